The number of thiophene rings is 3. The molecule has 6 heteroatoms. The van der Waals surface area contributed by atoms with Crippen molar-refractivity contribution >= 4 is 172 Å². The van der Waals surface area contributed by atoms with Crippen molar-refractivity contribution in [2.24, 2.45) is 0 Å². The molecule has 18 aromatic rings. The number of furan rings is 2. The first-order valence-electron chi connectivity index (χ1n) is 38.6. The van der Waals surface area contributed by atoms with Crippen molar-refractivity contribution < 1.29 is 8.83 Å². The molecule has 3 nitrogen and oxygen atoms in total. The van der Waals surface area contributed by atoms with Crippen LogP contribution < -0.4 is 0 Å². The molecule has 0 saturated carbocycles. The molecule has 0 N–H and O–H groups in total. The lowest BCUT2D eigenvalue weighted by atomic mass is 9.79. The predicted octanol–water partition coefficient (Wildman–Crippen LogP) is 32.1. The molecule has 6 aromatic heterocycles. The number of fused-ring (bicyclic) bond motifs is 21. The minimum absolute atomic E-state index is 0.0309. The Balaban J connectivity index is 0.000000113. The Morgan fingerprint density at radius 2 is 0.667 bits per heavy atom. The predicted molar refractivity (Wildman–Crippen MR) is 481 cm³/mol. The molecule has 108 heavy (non-hydrogen) atoms. The van der Waals surface area contributed by atoms with Crippen molar-refractivity contribution in [2.45, 2.75) is 207 Å². The van der Waals surface area contributed by atoms with E-state index in [0.717, 1.165) is 32.9 Å². The molecule has 0 atom stereocenters. The van der Waals surface area contributed by atoms with Gasteiger partial charge in [-0.2, -0.15) is 0 Å². The van der Waals surface area contributed by atoms with E-state index < -0.39 is 0 Å². The molecule has 12 aromatic carbocycles. The van der Waals surface area contributed by atoms with Crippen LogP contribution in [0.15, 0.2) is 185 Å². The maximum Gasteiger partial charge on any atom is 0.143 e. The quantitative estimate of drug-likeness (QED) is 0.152. The molecule has 550 valence electrons. The summed E-state index contributed by atoms with van der Waals surface area (Å²) in [6, 6.07) is 63.7. The molecular weight excluding hydrogens is 1370 g/mol. The van der Waals surface area contributed by atoms with Gasteiger partial charge in [-0.1, -0.05) is 243 Å². The Hall–Kier alpha value is -9.17. The second kappa shape index (κ2) is 27.7. The summed E-state index contributed by atoms with van der Waals surface area (Å²) in [4.78, 5) is 8.74. The van der Waals surface area contributed by atoms with Gasteiger partial charge in [0.25, 0.3) is 0 Å². The van der Waals surface area contributed by atoms with Gasteiger partial charge in [-0.3, -0.25) is 0 Å². The molecule has 0 radical (unpaired) electrons. The highest BCUT2D eigenvalue weighted by Gasteiger charge is 2.31. The van der Waals surface area contributed by atoms with Gasteiger partial charge in [0.05, 0.1) is 0 Å². The van der Waals surface area contributed by atoms with Crippen molar-refractivity contribution in [3.63, 3.8) is 0 Å². The van der Waals surface area contributed by atoms with Gasteiger partial charge in [-0.05, 0) is 260 Å². The van der Waals surface area contributed by atoms with Crippen LogP contribution in [0.1, 0.15) is 192 Å². The summed E-state index contributed by atoms with van der Waals surface area (Å²) in [5.74, 6) is 0. The van der Waals surface area contributed by atoms with E-state index in [4.69, 9.17) is 13.8 Å². The molecular formula is C102H107NO2S3. The van der Waals surface area contributed by atoms with Crippen molar-refractivity contribution in [3.05, 3.63) is 264 Å². The Bertz CT molecular complexity index is 6490. The fourth-order valence-corrected chi connectivity index (χ4v) is 22.2. The van der Waals surface area contributed by atoms with E-state index in [1.165, 1.54) is 193 Å². The smallest absolute Gasteiger partial charge is 0.143 e. The standard InChI is InChI=1S/C23H24O.C22H22O.C21H21NS.2C18H20S/c1-13-11-14(2)19-18(12-13)24-22-20(19)17-10-8-7-9-16(17)15(3)21(22)23(4,5)6;1-13-10-11-17-18(12-13)23-21-16-9-7-6-8-15(16)14(2)20(19(17)21)22(3,4)5;1-12-10-11-16-17-15-9-7-6-8-14(15)13(2)18(21(3,4)5)19(17)23-20(16)22-12;1-11-10-15-16(18(3,4)5)12(2)13-8-6-7-9-14(13)17(15)19-11;1-11-10-15-14-9-7-6-8-13(14)12(2)16(17(15)19-11)18(3,4)5/h7-12H,1-6H3;6-12H,1-5H3;6-11H,1-5H3;2*6-10H,1-5H3. The number of aryl methyl sites for hydroxylation is 11. The lowest BCUT2D eigenvalue weighted by molar-refractivity contribution is 0.570. The molecule has 0 bridgehead atoms. The minimum Gasteiger partial charge on any atom is -0.456 e. The minimum atomic E-state index is 0.0309. The van der Waals surface area contributed by atoms with E-state index in [9.17, 15) is 0 Å². The van der Waals surface area contributed by atoms with Gasteiger partial charge in [0, 0.05) is 78.2 Å². The Labute approximate surface area is 652 Å². The van der Waals surface area contributed by atoms with Crippen molar-refractivity contribution in [1.29, 1.82) is 0 Å². The molecule has 0 spiro atoms. The largest absolute Gasteiger partial charge is 0.456 e. The highest BCUT2D eigenvalue weighted by Crippen LogP contribution is 2.50. The molecule has 0 aliphatic carbocycles. The lowest BCUT2D eigenvalue weighted by Crippen LogP contribution is -2.14. The van der Waals surface area contributed by atoms with Gasteiger partial charge in [0.15, 0.2) is 0 Å². The van der Waals surface area contributed by atoms with E-state index >= 15 is 0 Å². The van der Waals surface area contributed by atoms with Crippen molar-refractivity contribution in [3.8, 4) is 0 Å². The summed E-state index contributed by atoms with van der Waals surface area (Å²) < 4.78 is 17.1. The summed E-state index contributed by atoms with van der Waals surface area (Å²) in [5.41, 5.74) is 23.7. The average Bonchev–Trinajstić information content (AvgIpc) is 1.55. The van der Waals surface area contributed by atoms with Gasteiger partial charge in [-0.25, -0.2) is 4.98 Å². The number of aromatic nitrogens is 1. The number of rotatable bonds is 0. The highest BCUT2D eigenvalue weighted by atomic mass is 32.1. The van der Waals surface area contributed by atoms with E-state index in [1.54, 1.807) is 0 Å². The number of benzene rings is 12. The fraction of sp³-hybridized carbons (Fsp3) is 0.304. The summed E-state index contributed by atoms with van der Waals surface area (Å²) in [5, 5.41) is 24.0. The summed E-state index contributed by atoms with van der Waals surface area (Å²) in [6.45, 7) is 58.7. The van der Waals surface area contributed by atoms with Crippen molar-refractivity contribution in [1.82, 2.24) is 4.98 Å². The first-order valence-corrected chi connectivity index (χ1v) is 41.0. The van der Waals surface area contributed by atoms with Crippen LogP contribution in [-0.2, 0) is 27.1 Å². The normalized spacial score (nSPS) is 12.5. The van der Waals surface area contributed by atoms with Crippen LogP contribution in [0, 0.1) is 76.2 Å². The number of pyridine rings is 1. The second-order valence-corrected chi connectivity index (χ2v) is 39.4. The van der Waals surface area contributed by atoms with E-state index in [1.807, 2.05) is 34.0 Å². The van der Waals surface area contributed by atoms with Gasteiger partial charge in [0.1, 0.15) is 27.2 Å². The fourth-order valence-electron chi connectivity index (χ4n) is 18.3. The van der Waals surface area contributed by atoms with Gasteiger partial charge in [0.2, 0.25) is 0 Å². The molecule has 0 unspecified atom stereocenters. The number of nitrogens with zero attached hydrogens (tertiary/aromatic N) is 1. The SMILES string of the molecule is Cc1cc(C)c2c(c1)oc1c(C(C)(C)C)c(C)c3ccccc3c12.Cc1cc2c(C(C)(C)C)c(C)c3ccccc3c2s1.Cc1cc2c(s1)c(C(C)(C)C)c(C)c1ccccc12.Cc1ccc2c(c1)oc1c3ccccc3c(C)c(C(C)(C)C)c21.Cc1ccc2c(n1)sc1c(C(C)(C)C)c(C)c3ccccc3c12. The molecule has 0 amide bonds. The zero-order valence-electron chi connectivity index (χ0n) is 68.7. The van der Waals surface area contributed by atoms with Crippen molar-refractivity contribution in [2.75, 3.05) is 0 Å². The Morgan fingerprint density at radius 1 is 0.259 bits per heavy atom. The number of hydrogen-bond donors (Lipinski definition) is 0. The highest BCUT2D eigenvalue weighted by molar-refractivity contribution is 7.26. The van der Waals surface area contributed by atoms with Crippen LogP contribution in [0.5, 0.6) is 0 Å². The first kappa shape index (κ1) is 75.6. The lowest BCUT2D eigenvalue weighted by Gasteiger charge is -2.24. The molecule has 0 aliphatic heterocycles. The average molecular weight is 1480 g/mol. The molecule has 18 rings (SSSR count). The zero-order chi connectivity index (χ0) is 77.5. The first-order chi connectivity index (χ1) is 50.8. The van der Waals surface area contributed by atoms with Crippen LogP contribution in [-0.4, -0.2) is 4.98 Å². The molecule has 0 aliphatic rings. The van der Waals surface area contributed by atoms with Gasteiger partial charge in [-0.15, -0.1) is 34.0 Å². The monoisotopic (exact) mass is 1470 g/mol. The third-order valence-corrected chi connectivity index (χ3v) is 25.5. The van der Waals surface area contributed by atoms with E-state index in [-0.39, 0.29) is 27.1 Å². The van der Waals surface area contributed by atoms with E-state index in [2.05, 4.69) is 356 Å². The molecule has 6 heterocycles. The second-order valence-electron chi connectivity index (χ2n) is 35.9. The topological polar surface area (TPSA) is 39.2 Å². The van der Waals surface area contributed by atoms with Gasteiger partial charge < -0.3 is 8.83 Å². The number of hydrogen-bond acceptors (Lipinski definition) is 6. The van der Waals surface area contributed by atoms with Crippen LogP contribution >= 0.6 is 34.0 Å². The third-order valence-electron chi connectivity index (χ3n) is 22.2. The third kappa shape index (κ3) is 13.4. The zero-order valence-corrected chi connectivity index (χ0v) is 71.2. The maximum atomic E-state index is 6.46. The van der Waals surface area contributed by atoms with E-state index in [0.29, 0.717) is 0 Å². The van der Waals surface area contributed by atoms with Crippen LogP contribution in [0.4, 0.5) is 0 Å². The summed E-state index contributed by atoms with van der Waals surface area (Å²) in [6.07, 6.45) is 0. The molecule has 0 saturated heterocycles. The van der Waals surface area contributed by atoms with Crippen LogP contribution in [0.25, 0.3) is 138 Å². The molecule has 0 fully saturated rings. The summed E-state index contributed by atoms with van der Waals surface area (Å²) >= 11 is 5.70. The van der Waals surface area contributed by atoms with Gasteiger partial charge >= 0.3 is 0 Å². The van der Waals surface area contributed by atoms with Crippen LogP contribution in [0.2, 0.25) is 0 Å². The maximum absolute atomic E-state index is 6.46. The summed E-state index contributed by atoms with van der Waals surface area (Å²) in [7, 11) is 0. The Kier molecular flexibility index (Phi) is 19.4. The van der Waals surface area contributed by atoms with Crippen LogP contribution in [0.3, 0.4) is 0 Å². The Morgan fingerprint density at radius 3 is 1.22 bits per heavy atom.